The van der Waals surface area contributed by atoms with Crippen molar-refractivity contribution in [2.75, 3.05) is 6.54 Å². The van der Waals surface area contributed by atoms with Crippen molar-refractivity contribution < 1.29 is 4.39 Å². The zero-order valence-electron chi connectivity index (χ0n) is 9.76. The molecule has 1 aromatic carbocycles. The van der Waals surface area contributed by atoms with Crippen LogP contribution in [-0.2, 0) is 6.42 Å². The van der Waals surface area contributed by atoms with Crippen molar-refractivity contribution in [1.29, 1.82) is 0 Å². The van der Waals surface area contributed by atoms with Crippen molar-refractivity contribution in [3.8, 4) is 0 Å². The van der Waals surface area contributed by atoms with E-state index >= 15 is 0 Å². The van der Waals surface area contributed by atoms with Crippen LogP contribution in [0.25, 0.3) is 0 Å². The molecule has 2 saturated carbocycles. The molecular formula is C14H17ClFN. The van der Waals surface area contributed by atoms with E-state index in [1.54, 1.807) is 12.1 Å². The molecule has 2 unspecified atom stereocenters. The Labute approximate surface area is 106 Å². The van der Waals surface area contributed by atoms with Gasteiger partial charge in [-0.25, -0.2) is 4.39 Å². The van der Waals surface area contributed by atoms with E-state index in [1.165, 1.54) is 12.5 Å². The number of hydrogen-bond donors (Lipinski definition) is 1. The van der Waals surface area contributed by atoms with Crippen LogP contribution in [0.15, 0.2) is 18.2 Å². The van der Waals surface area contributed by atoms with Crippen LogP contribution in [0.1, 0.15) is 24.8 Å². The molecule has 0 amide bonds. The third kappa shape index (κ3) is 1.98. The molecule has 0 aromatic heterocycles. The van der Waals surface area contributed by atoms with Crippen molar-refractivity contribution in [3.63, 3.8) is 0 Å². The fourth-order valence-corrected chi connectivity index (χ4v) is 3.70. The molecule has 2 N–H and O–H groups in total. The molecule has 3 rings (SSSR count). The van der Waals surface area contributed by atoms with E-state index < -0.39 is 0 Å². The molecule has 17 heavy (non-hydrogen) atoms. The maximum Gasteiger partial charge on any atom is 0.127 e. The lowest BCUT2D eigenvalue weighted by Gasteiger charge is -2.30. The van der Waals surface area contributed by atoms with Gasteiger partial charge in [0.05, 0.1) is 0 Å². The summed E-state index contributed by atoms with van der Waals surface area (Å²) >= 11 is 6.09. The van der Waals surface area contributed by atoms with E-state index in [0.717, 1.165) is 24.7 Å². The molecule has 0 aliphatic heterocycles. The molecule has 0 bridgehead atoms. The van der Waals surface area contributed by atoms with Gasteiger partial charge in [-0.15, -0.1) is 0 Å². The lowest BCUT2D eigenvalue weighted by Crippen LogP contribution is -2.31. The first kappa shape index (κ1) is 11.5. The zero-order chi connectivity index (χ0) is 12.0. The number of halogens is 2. The summed E-state index contributed by atoms with van der Waals surface area (Å²) in [4.78, 5) is 0. The molecule has 2 aliphatic carbocycles. The summed E-state index contributed by atoms with van der Waals surface area (Å²) in [5.74, 6) is 1.51. The summed E-state index contributed by atoms with van der Waals surface area (Å²) in [6.45, 7) is 0.644. The second-order valence-electron chi connectivity index (χ2n) is 5.75. The number of fused-ring (bicyclic) bond motifs is 1. The van der Waals surface area contributed by atoms with E-state index in [9.17, 15) is 4.39 Å². The zero-order valence-corrected chi connectivity index (χ0v) is 10.5. The molecule has 2 fully saturated rings. The van der Waals surface area contributed by atoms with Gasteiger partial charge in [0.15, 0.2) is 0 Å². The predicted molar refractivity (Wildman–Crippen MR) is 67.4 cm³/mol. The average Bonchev–Trinajstić information content (AvgIpc) is 2.93. The highest BCUT2D eigenvalue weighted by molar-refractivity contribution is 6.31. The van der Waals surface area contributed by atoms with Gasteiger partial charge >= 0.3 is 0 Å². The Bertz CT molecular complexity index is 416. The van der Waals surface area contributed by atoms with E-state index in [1.807, 2.05) is 0 Å². The van der Waals surface area contributed by atoms with E-state index in [-0.39, 0.29) is 11.2 Å². The van der Waals surface area contributed by atoms with Gasteiger partial charge in [0.25, 0.3) is 0 Å². The Morgan fingerprint density at radius 2 is 2.06 bits per heavy atom. The summed E-state index contributed by atoms with van der Waals surface area (Å²) in [6, 6.07) is 4.91. The summed E-state index contributed by atoms with van der Waals surface area (Å²) in [6.07, 6.45) is 4.35. The number of nitrogens with two attached hydrogens (primary N) is 1. The van der Waals surface area contributed by atoms with Crippen molar-refractivity contribution >= 4 is 11.6 Å². The highest BCUT2D eigenvalue weighted by Gasteiger charge is 2.53. The Morgan fingerprint density at radius 1 is 1.35 bits per heavy atom. The standard InChI is InChI=1S/C14H17ClFN/c15-12-2-1-3-13(16)11(12)7-14(8-17)5-9-4-10(9)6-14/h1-3,9-10H,4-8,17H2. The molecule has 1 nitrogen and oxygen atoms in total. The third-order valence-electron chi connectivity index (χ3n) is 4.51. The van der Waals surface area contributed by atoms with Crippen LogP contribution in [0.5, 0.6) is 0 Å². The monoisotopic (exact) mass is 253 g/mol. The number of hydrogen-bond acceptors (Lipinski definition) is 1. The molecule has 0 spiro atoms. The summed E-state index contributed by atoms with van der Waals surface area (Å²) in [5, 5.41) is 0.540. The minimum atomic E-state index is -0.189. The first-order chi connectivity index (χ1) is 8.13. The van der Waals surface area contributed by atoms with Crippen molar-refractivity contribution in [1.82, 2.24) is 0 Å². The second-order valence-corrected chi connectivity index (χ2v) is 6.15. The first-order valence-corrected chi connectivity index (χ1v) is 6.64. The van der Waals surface area contributed by atoms with Crippen molar-refractivity contribution in [2.24, 2.45) is 23.0 Å². The smallest absolute Gasteiger partial charge is 0.127 e. The second kappa shape index (κ2) is 3.96. The van der Waals surface area contributed by atoms with E-state index in [0.29, 0.717) is 23.6 Å². The lowest BCUT2D eigenvalue weighted by atomic mass is 9.77. The van der Waals surface area contributed by atoms with Gasteiger partial charge < -0.3 is 5.73 Å². The van der Waals surface area contributed by atoms with Crippen molar-refractivity contribution in [2.45, 2.75) is 25.7 Å². The maximum absolute atomic E-state index is 13.8. The predicted octanol–water partition coefficient (Wildman–Crippen LogP) is 3.40. The van der Waals surface area contributed by atoms with Crippen LogP contribution in [0.3, 0.4) is 0 Å². The number of benzene rings is 1. The maximum atomic E-state index is 13.8. The van der Waals surface area contributed by atoms with Crippen LogP contribution in [-0.4, -0.2) is 6.54 Å². The first-order valence-electron chi connectivity index (χ1n) is 6.26. The van der Waals surface area contributed by atoms with Gasteiger partial charge in [-0.05, 0) is 61.6 Å². The van der Waals surface area contributed by atoms with Gasteiger partial charge in [0.2, 0.25) is 0 Å². The fraction of sp³-hybridized carbons (Fsp3) is 0.571. The van der Waals surface area contributed by atoms with E-state index in [4.69, 9.17) is 17.3 Å². The van der Waals surface area contributed by atoms with Gasteiger partial charge in [0, 0.05) is 10.6 Å². The average molecular weight is 254 g/mol. The van der Waals surface area contributed by atoms with Gasteiger partial charge in [-0.1, -0.05) is 17.7 Å². The molecule has 2 atom stereocenters. The molecule has 0 radical (unpaired) electrons. The Hall–Kier alpha value is -0.600. The highest BCUT2D eigenvalue weighted by atomic mass is 35.5. The molecule has 0 saturated heterocycles. The third-order valence-corrected chi connectivity index (χ3v) is 4.86. The highest BCUT2D eigenvalue weighted by Crippen LogP contribution is 2.60. The molecule has 2 aliphatic rings. The van der Waals surface area contributed by atoms with E-state index in [2.05, 4.69) is 0 Å². The van der Waals surface area contributed by atoms with Crippen LogP contribution >= 0.6 is 11.6 Å². The molecule has 0 heterocycles. The lowest BCUT2D eigenvalue weighted by molar-refractivity contribution is 0.270. The summed E-state index contributed by atoms with van der Waals surface area (Å²) < 4.78 is 13.8. The Morgan fingerprint density at radius 3 is 2.65 bits per heavy atom. The summed E-state index contributed by atoms with van der Waals surface area (Å²) in [7, 11) is 0. The summed E-state index contributed by atoms with van der Waals surface area (Å²) in [5.41, 5.74) is 6.68. The fourth-order valence-electron chi connectivity index (χ4n) is 3.47. The topological polar surface area (TPSA) is 26.0 Å². The van der Waals surface area contributed by atoms with Gasteiger partial charge in [0.1, 0.15) is 5.82 Å². The van der Waals surface area contributed by atoms with Gasteiger partial charge in [-0.2, -0.15) is 0 Å². The minimum Gasteiger partial charge on any atom is -0.330 e. The molecule has 92 valence electrons. The molecule has 1 aromatic rings. The normalized spacial score (nSPS) is 34.8. The Kier molecular flexibility index (Phi) is 2.68. The number of rotatable bonds is 3. The van der Waals surface area contributed by atoms with Crippen molar-refractivity contribution in [3.05, 3.63) is 34.6 Å². The van der Waals surface area contributed by atoms with Crippen LogP contribution in [0.2, 0.25) is 5.02 Å². The largest absolute Gasteiger partial charge is 0.330 e. The van der Waals surface area contributed by atoms with Gasteiger partial charge in [-0.3, -0.25) is 0 Å². The quantitative estimate of drug-likeness (QED) is 0.878. The molecular weight excluding hydrogens is 237 g/mol. The molecule has 3 heteroatoms. The minimum absolute atomic E-state index is 0.0966. The van der Waals surface area contributed by atoms with Crippen LogP contribution < -0.4 is 5.73 Å². The Balaban J connectivity index is 1.86. The van der Waals surface area contributed by atoms with Crippen LogP contribution in [0.4, 0.5) is 4.39 Å². The van der Waals surface area contributed by atoms with Crippen LogP contribution in [0, 0.1) is 23.1 Å². The SMILES string of the molecule is NCC1(Cc2c(F)cccc2Cl)CC2CC2C1.